The number of carbonyl (C=O) groups excluding carboxylic acids is 1. The third kappa shape index (κ3) is 3.43. The topological polar surface area (TPSA) is 60.4 Å². The Bertz CT molecular complexity index is 632. The number of hydrogen-bond acceptors (Lipinski definition) is 3. The van der Waals surface area contributed by atoms with Crippen LogP contribution in [0.15, 0.2) is 29.3 Å². The van der Waals surface area contributed by atoms with Crippen LogP contribution in [0.5, 0.6) is 0 Å². The van der Waals surface area contributed by atoms with Gasteiger partial charge in [-0.05, 0) is 18.6 Å². The lowest BCUT2D eigenvalue weighted by molar-refractivity contribution is -0.119. The second-order valence-electron chi connectivity index (χ2n) is 4.26. The van der Waals surface area contributed by atoms with Crippen molar-refractivity contribution < 1.29 is 4.79 Å². The molecule has 0 fully saturated rings. The fraction of sp³-hybridized carbons (Fsp3) is 0.385. The maximum absolute atomic E-state index is 11.8. The van der Waals surface area contributed by atoms with E-state index >= 15 is 0 Å². The molecule has 1 heterocycles. The zero-order chi connectivity index (χ0) is 13.1. The van der Waals surface area contributed by atoms with Gasteiger partial charge in [-0.1, -0.05) is 36.8 Å². The lowest BCUT2D eigenvalue weighted by Crippen LogP contribution is -2.30. The summed E-state index contributed by atoms with van der Waals surface area (Å²) in [6.07, 6.45) is 1.57. The number of aromatic nitrogens is 1. The molecule has 0 spiro atoms. The minimum absolute atomic E-state index is 0. The summed E-state index contributed by atoms with van der Waals surface area (Å²) in [6, 6.07) is 7.51. The molecule has 1 atom stereocenters. The molecule has 2 aromatic rings. The molecular weight excluding hydrogens is 282 g/mol. The molecule has 2 rings (SSSR count). The number of fused-ring (bicyclic) bond motifs is 1. The Hall–Kier alpha value is -1.17. The van der Waals surface area contributed by atoms with Crippen LogP contribution < -0.4 is 10.5 Å². The van der Waals surface area contributed by atoms with Gasteiger partial charge in [0, 0.05) is 7.05 Å². The van der Waals surface area contributed by atoms with Crippen molar-refractivity contribution in [2.75, 3.05) is 0 Å². The van der Waals surface area contributed by atoms with Crippen LogP contribution in [0.2, 0.25) is 0 Å². The number of nitrogens with zero attached hydrogens (tertiary/aromatic N) is 2. The number of amides is 1. The molecule has 0 aliphatic heterocycles. The molecule has 19 heavy (non-hydrogen) atoms. The van der Waals surface area contributed by atoms with E-state index in [1.54, 1.807) is 0 Å². The Labute approximate surface area is 122 Å². The first-order valence-electron chi connectivity index (χ1n) is 6.02. The zero-order valence-electron chi connectivity index (χ0n) is 11.0. The number of para-hydroxylation sites is 1. The van der Waals surface area contributed by atoms with Gasteiger partial charge in [0.05, 0.1) is 16.3 Å². The van der Waals surface area contributed by atoms with Crippen molar-refractivity contribution in [3.8, 4) is 0 Å². The van der Waals surface area contributed by atoms with Gasteiger partial charge < -0.3 is 10.3 Å². The molecule has 1 amide bonds. The molecule has 0 aliphatic rings. The Morgan fingerprint density at radius 1 is 1.47 bits per heavy atom. The smallest absolute Gasteiger partial charge is 0.265 e. The van der Waals surface area contributed by atoms with E-state index in [0.29, 0.717) is 11.2 Å². The molecule has 2 N–H and O–H groups in total. The van der Waals surface area contributed by atoms with E-state index in [4.69, 9.17) is 5.73 Å². The molecule has 0 radical (unpaired) electrons. The van der Waals surface area contributed by atoms with Crippen molar-refractivity contribution in [3.05, 3.63) is 29.1 Å². The summed E-state index contributed by atoms with van der Waals surface area (Å²) in [5, 5.41) is 0. The van der Waals surface area contributed by atoms with Crippen LogP contribution in [0.25, 0.3) is 10.2 Å². The maximum Gasteiger partial charge on any atom is 0.265 e. The molecular formula is C13H18ClN3OS. The van der Waals surface area contributed by atoms with Crippen LogP contribution in [-0.2, 0) is 11.8 Å². The van der Waals surface area contributed by atoms with Gasteiger partial charge in [-0.15, -0.1) is 12.4 Å². The van der Waals surface area contributed by atoms with Crippen LogP contribution in [0.1, 0.15) is 19.8 Å². The predicted octanol–water partition coefficient (Wildman–Crippen LogP) is 2.22. The highest BCUT2D eigenvalue weighted by Gasteiger charge is 2.11. The molecule has 104 valence electrons. The molecule has 0 bridgehead atoms. The third-order valence-corrected chi connectivity index (χ3v) is 3.95. The highest BCUT2D eigenvalue weighted by atomic mass is 35.5. The van der Waals surface area contributed by atoms with Crippen LogP contribution in [0, 0.1) is 0 Å². The lowest BCUT2D eigenvalue weighted by Gasteiger charge is -2.03. The predicted molar refractivity (Wildman–Crippen MR) is 81.5 cm³/mol. The van der Waals surface area contributed by atoms with Crippen LogP contribution in [0.4, 0.5) is 0 Å². The summed E-state index contributed by atoms with van der Waals surface area (Å²) >= 11 is 1.51. The molecule has 0 saturated carbocycles. The van der Waals surface area contributed by atoms with Gasteiger partial charge in [0.15, 0.2) is 4.80 Å². The van der Waals surface area contributed by atoms with Crippen molar-refractivity contribution in [1.29, 1.82) is 0 Å². The second kappa shape index (κ2) is 6.84. The quantitative estimate of drug-likeness (QED) is 0.944. The summed E-state index contributed by atoms with van der Waals surface area (Å²) in [7, 11) is 1.91. The molecule has 1 unspecified atom stereocenters. The summed E-state index contributed by atoms with van der Waals surface area (Å²) in [5.41, 5.74) is 6.85. The van der Waals surface area contributed by atoms with Crippen LogP contribution >= 0.6 is 23.7 Å². The number of rotatable bonds is 3. The Morgan fingerprint density at radius 2 is 2.16 bits per heavy atom. The third-order valence-electron chi connectivity index (χ3n) is 2.84. The van der Waals surface area contributed by atoms with Crippen LogP contribution in [0.3, 0.4) is 0 Å². The van der Waals surface area contributed by atoms with E-state index in [2.05, 4.69) is 4.99 Å². The van der Waals surface area contributed by atoms with Gasteiger partial charge in [-0.2, -0.15) is 4.99 Å². The number of benzene rings is 1. The minimum Gasteiger partial charge on any atom is -0.320 e. The van der Waals surface area contributed by atoms with E-state index in [0.717, 1.165) is 16.6 Å². The van der Waals surface area contributed by atoms with Gasteiger partial charge in [-0.3, -0.25) is 4.79 Å². The fourth-order valence-corrected chi connectivity index (χ4v) is 2.82. The second-order valence-corrected chi connectivity index (χ2v) is 5.27. The van der Waals surface area contributed by atoms with Crippen molar-refractivity contribution in [3.63, 3.8) is 0 Å². The number of nitrogens with two attached hydrogens (primary N) is 1. The summed E-state index contributed by atoms with van der Waals surface area (Å²) in [6.45, 7) is 2.01. The Morgan fingerprint density at radius 3 is 2.79 bits per heavy atom. The summed E-state index contributed by atoms with van der Waals surface area (Å²) in [5.74, 6) is -0.237. The highest BCUT2D eigenvalue weighted by Crippen LogP contribution is 2.15. The van der Waals surface area contributed by atoms with E-state index < -0.39 is 6.04 Å². The largest absolute Gasteiger partial charge is 0.320 e. The van der Waals surface area contributed by atoms with Gasteiger partial charge in [0.2, 0.25) is 0 Å². The van der Waals surface area contributed by atoms with Gasteiger partial charge in [-0.25, -0.2) is 0 Å². The number of aryl methyl sites for hydroxylation is 1. The SMILES string of the molecule is CCCC(N)C(=O)N=c1sc2ccccc2n1C.Cl. The zero-order valence-corrected chi connectivity index (χ0v) is 12.6. The van der Waals surface area contributed by atoms with Crippen molar-refractivity contribution in [2.24, 2.45) is 17.8 Å². The first-order valence-corrected chi connectivity index (χ1v) is 6.84. The van der Waals surface area contributed by atoms with Crippen LogP contribution in [-0.4, -0.2) is 16.5 Å². The number of thiazole rings is 1. The first kappa shape index (κ1) is 15.9. The lowest BCUT2D eigenvalue weighted by atomic mass is 10.2. The molecule has 4 nitrogen and oxygen atoms in total. The number of hydrogen-bond donors (Lipinski definition) is 1. The van der Waals surface area contributed by atoms with Gasteiger partial charge in [0.1, 0.15) is 0 Å². The summed E-state index contributed by atoms with van der Waals surface area (Å²) in [4.78, 5) is 16.7. The van der Waals surface area contributed by atoms with Crippen molar-refractivity contribution in [2.45, 2.75) is 25.8 Å². The monoisotopic (exact) mass is 299 g/mol. The van der Waals surface area contributed by atoms with Gasteiger partial charge >= 0.3 is 0 Å². The molecule has 0 saturated heterocycles. The molecule has 1 aromatic heterocycles. The molecule has 1 aromatic carbocycles. The van der Waals surface area contributed by atoms with Crippen molar-refractivity contribution >= 4 is 39.9 Å². The molecule has 6 heteroatoms. The number of carbonyl (C=O) groups is 1. The van der Waals surface area contributed by atoms with Crippen molar-refractivity contribution in [1.82, 2.24) is 4.57 Å². The number of halogens is 1. The van der Waals surface area contributed by atoms with E-state index in [-0.39, 0.29) is 18.3 Å². The Kier molecular flexibility index (Phi) is 5.72. The fourth-order valence-electron chi connectivity index (χ4n) is 1.80. The minimum atomic E-state index is -0.486. The van der Waals surface area contributed by atoms with Gasteiger partial charge in [0.25, 0.3) is 5.91 Å². The average Bonchev–Trinajstić information content (AvgIpc) is 2.67. The average molecular weight is 300 g/mol. The molecule has 0 aliphatic carbocycles. The normalized spacial score (nSPS) is 13.3. The standard InChI is InChI=1S/C13H17N3OS.ClH/c1-3-6-9(14)12(17)15-13-16(2)10-7-4-5-8-11(10)18-13;/h4-5,7-9H,3,6,14H2,1-2H3;1H. The first-order chi connectivity index (χ1) is 8.63. The summed E-state index contributed by atoms with van der Waals surface area (Å²) < 4.78 is 3.05. The van der Waals surface area contributed by atoms with E-state index in [9.17, 15) is 4.79 Å². The van der Waals surface area contributed by atoms with E-state index in [1.807, 2.05) is 42.8 Å². The maximum atomic E-state index is 11.8. The van der Waals surface area contributed by atoms with E-state index in [1.165, 1.54) is 11.3 Å². The highest BCUT2D eigenvalue weighted by molar-refractivity contribution is 7.16. The Balaban J connectivity index is 0.00000180.